The molecule has 1 N–H and O–H groups in total. The lowest BCUT2D eigenvalue weighted by molar-refractivity contribution is -0.0239. The zero-order valence-electron chi connectivity index (χ0n) is 8.71. The van der Waals surface area contributed by atoms with E-state index in [1.165, 1.54) is 12.8 Å². The summed E-state index contributed by atoms with van der Waals surface area (Å²) in [6.07, 6.45) is 3.00. The highest BCUT2D eigenvalue weighted by atomic mass is 16.5. The molecule has 0 bridgehead atoms. The molecule has 0 spiro atoms. The van der Waals surface area contributed by atoms with Gasteiger partial charge in [0.05, 0.1) is 12.7 Å². The number of methoxy groups -OCH3 is 1. The first-order valence-corrected chi connectivity index (χ1v) is 5.18. The van der Waals surface area contributed by atoms with Crippen LogP contribution in [0, 0.1) is 5.92 Å². The lowest BCUT2D eigenvalue weighted by Gasteiger charge is -2.35. The number of rotatable bonds is 7. The molecule has 0 unspecified atom stereocenters. The van der Waals surface area contributed by atoms with Crippen molar-refractivity contribution in [2.45, 2.75) is 25.9 Å². The molecule has 0 aromatic heterocycles. The predicted molar refractivity (Wildman–Crippen MR) is 52.9 cm³/mol. The third-order valence-corrected chi connectivity index (χ3v) is 2.51. The van der Waals surface area contributed by atoms with Gasteiger partial charge in [-0.3, -0.25) is 0 Å². The monoisotopic (exact) mass is 187 g/mol. The topological polar surface area (TPSA) is 30.5 Å². The van der Waals surface area contributed by atoms with Crippen molar-refractivity contribution in [3.05, 3.63) is 0 Å². The van der Waals surface area contributed by atoms with Gasteiger partial charge in [0.1, 0.15) is 0 Å². The Hall–Kier alpha value is -0.120. The summed E-state index contributed by atoms with van der Waals surface area (Å²) >= 11 is 0. The van der Waals surface area contributed by atoms with E-state index in [0.29, 0.717) is 6.10 Å². The SMILES string of the molecule is CCOC1CC(CNCCOC)C1. The van der Waals surface area contributed by atoms with Gasteiger partial charge in [0.2, 0.25) is 0 Å². The summed E-state index contributed by atoms with van der Waals surface area (Å²) in [5.41, 5.74) is 0. The number of hydrogen-bond acceptors (Lipinski definition) is 3. The molecule has 0 aromatic carbocycles. The third-order valence-electron chi connectivity index (χ3n) is 2.51. The molecule has 0 aliphatic heterocycles. The molecule has 0 heterocycles. The van der Waals surface area contributed by atoms with Crippen LogP contribution in [0.3, 0.4) is 0 Å². The highest BCUT2D eigenvalue weighted by molar-refractivity contribution is 4.81. The van der Waals surface area contributed by atoms with Gasteiger partial charge in [-0.15, -0.1) is 0 Å². The van der Waals surface area contributed by atoms with Crippen molar-refractivity contribution >= 4 is 0 Å². The van der Waals surface area contributed by atoms with Gasteiger partial charge in [-0.25, -0.2) is 0 Å². The normalized spacial score (nSPS) is 27.2. The molecule has 1 aliphatic rings. The molecule has 1 aliphatic carbocycles. The van der Waals surface area contributed by atoms with Gasteiger partial charge in [0, 0.05) is 20.3 Å². The predicted octanol–water partition coefficient (Wildman–Crippen LogP) is 1.04. The Kier molecular flexibility index (Phi) is 5.35. The molecule has 3 heteroatoms. The van der Waals surface area contributed by atoms with Crippen molar-refractivity contribution < 1.29 is 9.47 Å². The summed E-state index contributed by atoms with van der Waals surface area (Å²) in [7, 11) is 1.73. The van der Waals surface area contributed by atoms with Crippen LogP contribution in [0.1, 0.15) is 19.8 Å². The van der Waals surface area contributed by atoms with Gasteiger partial charge in [0.25, 0.3) is 0 Å². The van der Waals surface area contributed by atoms with E-state index in [1.54, 1.807) is 7.11 Å². The van der Waals surface area contributed by atoms with Crippen molar-refractivity contribution in [1.29, 1.82) is 0 Å². The molecule has 78 valence electrons. The zero-order valence-corrected chi connectivity index (χ0v) is 8.71. The first-order chi connectivity index (χ1) is 6.36. The third kappa shape index (κ3) is 4.07. The molecule has 0 saturated heterocycles. The van der Waals surface area contributed by atoms with E-state index in [9.17, 15) is 0 Å². The van der Waals surface area contributed by atoms with Gasteiger partial charge in [-0.05, 0) is 32.2 Å². The maximum absolute atomic E-state index is 5.48. The van der Waals surface area contributed by atoms with Crippen molar-refractivity contribution in [3.63, 3.8) is 0 Å². The van der Waals surface area contributed by atoms with Crippen LogP contribution >= 0.6 is 0 Å². The molecule has 0 aromatic rings. The lowest BCUT2D eigenvalue weighted by Crippen LogP contribution is -2.38. The van der Waals surface area contributed by atoms with Crippen LogP contribution in [0.4, 0.5) is 0 Å². The van der Waals surface area contributed by atoms with Crippen molar-refractivity contribution in [2.24, 2.45) is 5.92 Å². The Morgan fingerprint density at radius 1 is 1.38 bits per heavy atom. The van der Waals surface area contributed by atoms with E-state index in [4.69, 9.17) is 9.47 Å². The van der Waals surface area contributed by atoms with E-state index in [2.05, 4.69) is 12.2 Å². The average Bonchev–Trinajstić information content (AvgIpc) is 2.07. The summed E-state index contributed by atoms with van der Waals surface area (Å²) in [5.74, 6) is 0.827. The Bertz CT molecular complexity index is 124. The van der Waals surface area contributed by atoms with Crippen LogP contribution in [0.2, 0.25) is 0 Å². The average molecular weight is 187 g/mol. The molecule has 1 fully saturated rings. The Morgan fingerprint density at radius 3 is 2.77 bits per heavy atom. The first kappa shape index (κ1) is 11.0. The molecule has 1 saturated carbocycles. The van der Waals surface area contributed by atoms with Crippen LogP contribution in [-0.2, 0) is 9.47 Å². The van der Waals surface area contributed by atoms with Gasteiger partial charge < -0.3 is 14.8 Å². The van der Waals surface area contributed by atoms with Crippen molar-refractivity contribution in [2.75, 3.05) is 33.4 Å². The summed E-state index contributed by atoms with van der Waals surface area (Å²) in [5, 5.41) is 3.37. The van der Waals surface area contributed by atoms with E-state index >= 15 is 0 Å². The van der Waals surface area contributed by atoms with Crippen LogP contribution in [0.5, 0.6) is 0 Å². The smallest absolute Gasteiger partial charge is 0.0587 e. The minimum absolute atomic E-state index is 0.541. The van der Waals surface area contributed by atoms with Crippen LogP contribution in [0.25, 0.3) is 0 Å². The molecule has 3 nitrogen and oxygen atoms in total. The second-order valence-electron chi connectivity index (χ2n) is 3.61. The zero-order chi connectivity index (χ0) is 9.52. The lowest BCUT2D eigenvalue weighted by atomic mass is 9.82. The summed E-state index contributed by atoms with van der Waals surface area (Å²) < 4.78 is 10.4. The highest BCUT2D eigenvalue weighted by Crippen LogP contribution is 2.29. The minimum atomic E-state index is 0.541. The van der Waals surface area contributed by atoms with Gasteiger partial charge >= 0.3 is 0 Å². The van der Waals surface area contributed by atoms with E-state index < -0.39 is 0 Å². The molecular weight excluding hydrogens is 166 g/mol. The van der Waals surface area contributed by atoms with Crippen LogP contribution < -0.4 is 5.32 Å². The Balaban J connectivity index is 1.84. The summed E-state index contributed by atoms with van der Waals surface area (Å²) in [6.45, 7) is 5.81. The molecule has 0 atom stereocenters. The summed E-state index contributed by atoms with van der Waals surface area (Å²) in [4.78, 5) is 0. The number of hydrogen-bond donors (Lipinski definition) is 1. The number of nitrogens with one attached hydrogen (secondary N) is 1. The first-order valence-electron chi connectivity index (χ1n) is 5.18. The molecule has 0 amide bonds. The van der Waals surface area contributed by atoms with E-state index in [1.807, 2.05) is 0 Å². The van der Waals surface area contributed by atoms with E-state index in [-0.39, 0.29) is 0 Å². The standard InChI is InChI=1S/C10H21NO2/c1-3-13-10-6-9(7-10)8-11-4-5-12-2/h9-11H,3-8H2,1-2H3. The molecule has 13 heavy (non-hydrogen) atoms. The second kappa shape index (κ2) is 6.35. The minimum Gasteiger partial charge on any atom is -0.383 e. The maximum Gasteiger partial charge on any atom is 0.0587 e. The van der Waals surface area contributed by atoms with Crippen molar-refractivity contribution in [3.8, 4) is 0 Å². The van der Waals surface area contributed by atoms with Gasteiger partial charge in [0.15, 0.2) is 0 Å². The maximum atomic E-state index is 5.48. The van der Waals surface area contributed by atoms with Crippen molar-refractivity contribution in [1.82, 2.24) is 5.32 Å². The van der Waals surface area contributed by atoms with E-state index in [0.717, 1.165) is 32.2 Å². The largest absolute Gasteiger partial charge is 0.383 e. The number of ether oxygens (including phenoxy) is 2. The fraction of sp³-hybridized carbons (Fsp3) is 1.00. The van der Waals surface area contributed by atoms with Crippen LogP contribution in [-0.4, -0.2) is 39.5 Å². The molecular formula is C10H21NO2. The molecule has 0 radical (unpaired) electrons. The summed E-state index contributed by atoms with van der Waals surface area (Å²) in [6, 6.07) is 0. The highest BCUT2D eigenvalue weighted by Gasteiger charge is 2.28. The Labute approximate surface area is 80.8 Å². The fourth-order valence-corrected chi connectivity index (χ4v) is 1.69. The van der Waals surface area contributed by atoms with Gasteiger partial charge in [-0.2, -0.15) is 0 Å². The van der Waals surface area contributed by atoms with Crippen LogP contribution in [0.15, 0.2) is 0 Å². The molecule has 1 rings (SSSR count). The van der Waals surface area contributed by atoms with Gasteiger partial charge in [-0.1, -0.05) is 0 Å². The second-order valence-corrected chi connectivity index (χ2v) is 3.61. The Morgan fingerprint density at radius 2 is 2.15 bits per heavy atom. The quantitative estimate of drug-likeness (QED) is 0.604. The fourth-order valence-electron chi connectivity index (χ4n) is 1.69.